The number of pyridine rings is 1. The summed E-state index contributed by atoms with van der Waals surface area (Å²) in [6, 6.07) is 5.62. The maximum atomic E-state index is 4.62. The average molecular weight is 260 g/mol. The Morgan fingerprint density at radius 1 is 1.21 bits per heavy atom. The largest absolute Gasteiger partial charge is 0.354 e. The quantitative estimate of drug-likeness (QED) is 0.892. The highest BCUT2D eigenvalue weighted by Gasteiger charge is 2.31. The van der Waals surface area contributed by atoms with Gasteiger partial charge in [-0.1, -0.05) is 6.07 Å². The van der Waals surface area contributed by atoms with Gasteiger partial charge < -0.3 is 10.2 Å². The fraction of sp³-hybridized carbons (Fsp3) is 0.667. The molecule has 0 bridgehead atoms. The minimum absolute atomic E-state index is 0.369. The fourth-order valence-corrected chi connectivity index (χ4v) is 2.76. The highest BCUT2D eigenvalue weighted by Crippen LogP contribution is 2.28. The maximum Gasteiger partial charge on any atom is 0.128 e. The monoisotopic (exact) mass is 260 g/mol. The van der Waals surface area contributed by atoms with E-state index in [0.717, 1.165) is 24.9 Å². The number of aromatic nitrogens is 1. The zero-order valence-electron chi connectivity index (χ0n) is 12.0. The van der Waals surface area contributed by atoms with E-state index >= 15 is 0 Å². The first-order chi connectivity index (χ1) is 9.28. The van der Waals surface area contributed by atoms with Crippen molar-refractivity contribution in [2.75, 3.05) is 38.1 Å². The number of nitrogens with one attached hydrogen (secondary N) is 1. The minimum Gasteiger partial charge on any atom is -0.354 e. The van der Waals surface area contributed by atoms with E-state index in [4.69, 9.17) is 0 Å². The van der Waals surface area contributed by atoms with Crippen molar-refractivity contribution >= 4 is 5.82 Å². The molecule has 0 aromatic carbocycles. The molecule has 1 saturated carbocycles. The SMILES string of the molecule is CNC(C)c1ccc(N2CCN(C3CC3)CC2)nc1. The summed E-state index contributed by atoms with van der Waals surface area (Å²) in [4.78, 5) is 9.67. The van der Waals surface area contributed by atoms with Gasteiger partial charge in [-0.2, -0.15) is 0 Å². The lowest BCUT2D eigenvalue weighted by atomic mass is 10.1. The molecule has 2 aliphatic rings. The third kappa shape index (κ3) is 2.90. The second kappa shape index (κ2) is 5.47. The van der Waals surface area contributed by atoms with E-state index in [0.29, 0.717) is 6.04 Å². The van der Waals surface area contributed by atoms with Gasteiger partial charge in [0.15, 0.2) is 0 Å². The highest BCUT2D eigenvalue weighted by molar-refractivity contribution is 5.40. The predicted molar refractivity (Wildman–Crippen MR) is 78.5 cm³/mol. The van der Waals surface area contributed by atoms with Gasteiger partial charge in [-0.25, -0.2) is 4.98 Å². The van der Waals surface area contributed by atoms with Gasteiger partial charge in [-0.05, 0) is 38.4 Å². The van der Waals surface area contributed by atoms with E-state index < -0.39 is 0 Å². The van der Waals surface area contributed by atoms with Gasteiger partial charge in [-0.15, -0.1) is 0 Å². The van der Waals surface area contributed by atoms with Gasteiger partial charge in [0.05, 0.1) is 0 Å². The van der Waals surface area contributed by atoms with Gasteiger partial charge in [0, 0.05) is 44.5 Å². The molecule has 1 saturated heterocycles. The molecule has 4 heteroatoms. The van der Waals surface area contributed by atoms with E-state index in [1.807, 2.05) is 13.2 Å². The predicted octanol–water partition coefficient (Wildman–Crippen LogP) is 1.65. The van der Waals surface area contributed by atoms with Crippen molar-refractivity contribution in [3.8, 4) is 0 Å². The Kier molecular flexibility index (Phi) is 3.71. The molecule has 2 fully saturated rings. The standard InChI is InChI=1S/C15H24N4/c1-12(16-2)13-3-6-15(17-11-13)19-9-7-18(8-10-19)14-4-5-14/h3,6,11-12,14,16H,4-5,7-10H2,1-2H3. The van der Waals surface area contributed by atoms with E-state index in [1.54, 1.807) is 0 Å². The van der Waals surface area contributed by atoms with Gasteiger partial charge in [-0.3, -0.25) is 4.90 Å². The summed E-state index contributed by atoms with van der Waals surface area (Å²) >= 11 is 0. The van der Waals surface area contributed by atoms with Gasteiger partial charge in [0.25, 0.3) is 0 Å². The molecule has 19 heavy (non-hydrogen) atoms. The molecule has 1 aliphatic carbocycles. The van der Waals surface area contributed by atoms with Crippen LogP contribution in [0.3, 0.4) is 0 Å². The molecule has 4 nitrogen and oxygen atoms in total. The first kappa shape index (κ1) is 12.9. The van der Waals surface area contributed by atoms with Crippen molar-refractivity contribution in [3.63, 3.8) is 0 Å². The van der Waals surface area contributed by atoms with Crippen LogP contribution < -0.4 is 10.2 Å². The number of hydrogen-bond donors (Lipinski definition) is 1. The third-order valence-electron chi connectivity index (χ3n) is 4.41. The highest BCUT2D eigenvalue weighted by atomic mass is 15.3. The number of piperazine rings is 1. The van der Waals surface area contributed by atoms with E-state index in [9.17, 15) is 0 Å². The van der Waals surface area contributed by atoms with Crippen LogP contribution in [-0.4, -0.2) is 49.2 Å². The zero-order valence-corrected chi connectivity index (χ0v) is 12.0. The normalized spacial score (nSPS) is 22.5. The van der Waals surface area contributed by atoms with Crippen LogP contribution in [0.25, 0.3) is 0 Å². The Morgan fingerprint density at radius 3 is 2.47 bits per heavy atom. The van der Waals surface area contributed by atoms with Crippen LogP contribution in [0.5, 0.6) is 0 Å². The fourth-order valence-electron chi connectivity index (χ4n) is 2.76. The van der Waals surface area contributed by atoms with Crippen LogP contribution in [-0.2, 0) is 0 Å². The molecule has 3 rings (SSSR count). The lowest BCUT2D eigenvalue weighted by molar-refractivity contribution is 0.247. The first-order valence-electron chi connectivity index (χ1n) is 7.40. The lowest BCUT2D eigenvalue weighted by Crippen LogP contribution is -2.47. The summed E-state index contributed by atoms with van der Waals surface area (Å²) in [5.41, 5.74) is 1.25. The molecule has 1 aliphatic heterocycles. The first-order valence-corrected chi connectivity index (χ1v) is 7.40. The molecule has 2 heterocycles. The summed E-state index contributed by atoms with van der Waals surface area (Å²) in [6.45, 7) is 6.78. The Hall–Kier alpha value is -1.13. The van der Waals surface area contributed by atoms with Crippen LogP contribution in [0.15, 0.2) is 18.3 Å². The van der Waals surface area contributed by atoms with Crippen molar-refractivity contribution in [2.24, 2.45) is 0 Å². The van der Waals surface area contributed by atoms with Crippen LogP contribution >= 0.6 is 0 Å². The molecule has 1 aromatic heterocycles. The van der Waals surface area contributed by atoms with Crippen molar-refractivity contribution in [1.29, 1.82) is 0 Å². The molecular weight excluding hydrogens is 236 g/mol. The van der Waals surface area contributed by atoms with Gasteiger partial charge in [0.1, 0.15) is 5.82 Å². The average Bonchev–Trinajstić information content (AvgIpc) is 3.31. The Bertz CT molecular complexity index is 405. The van der Waals surface area contributed by atoms with Crippen molar-refractivity contribution < 1.29 is 0 Å². The van der Waals surface area contributed by atoms with E-state index in [2.05, 4.69) is 39.2 Å². The second-order valence-electron chi connectivity index (χ2n) is 5.71. The van der Waals surface area contributed by atoms with Crippen molar-refractivity contribution in [3.05, 3.63) is 23.9 Å². The summed E-state index contributed by atoms with van der Waals surface area (Å²) in [6.07, 6.45) is 4.83. The number of hydrogen-bond acceptors (Lipinski definition) is 4. The molecule has 104 valence electrons. The topological polar surface area (TPSA) is 31.4 Å². The van der Waals surface area contributed by atoms with E-state index in [-0.39, 0.29) is 0 Å². The molecule has 1 N–H and O–H groups in total. The summed E-state index contributed by atoms with van der Waals surface area (Å²) in [5.74, 6) is 1.13. The summed E-state index contributed by atoms with van der Waals surface area (Å²) < 4.78 is 0. The van der Waals surface area contributed by atoms with Gasteiger partial charge in [0.2, 0.25) is 0 Å². The van der Waals surface area contributed by atoms with Gasteiger partial charge >= 0.3 is 0 Å². The third-order valence-corrected chi connectivity index (χ3v) is 4.41. The van der Waals surface area contributed by atoms with Crippen molar-refractivity contribution in [2.45, 2.75) is 31.8 Å². The maximum absolute atomic E-state index is 4.62. The zero-order chi connectivity index (χ0) is 13.2. The van der Waals surface area contributed by atoms with Crippen LogP contribution in [0.4, 0.5) is 5.82 Å². The number of anilines is 1. The molecule has 1 atom stereocenters. The lowest BCUT2D eigenvalue weighted by Gasteiger charge is -2.35. The summed E-state index contributed by atoms with van der Waals surface area (Å²) in [7, 11) is 1.98. The Labute approximate surface area is 115 Å². The number of nitrogens with zero attached hydrogens (tertiary/aromatic N) is 3. The Balaban J connectivity index is 1.60. The molecule has 1 unspecified atom stereocenters. The molecule has 0 radical (unpaired) electrons. The van der Waals surface area contributed by atoms with Crippen LogP contribution in [0.1, 0.15) is 31.4 Å². The van der Waals surface area contributed by atoms with Crippen LogP contribution in [0.2, 0.25) is 0 Å². The summed E-state index contributed by atoms with van der Waals surface area (Å²) in [5, 5.41) is 3.25. The second-order valence-corrected chi connectivity index (χ2v) is 5.71. The number of rotatable bonds is 4. The minimum atomic E-state index is 0.369. The molecular formula is C15H24N4. The molecule has 1 aromatic rings. The van der Waals surface area contributed by atoms with Crippen LogP contribution in [0, 0.1) is 0 Å². The molecule has 0 spiro atoms. The van der Waals surface area contributed by atoms with E-state index in [1.165, 1.54) is 31.5 Å². The Morgan fingerprint density at radius 2 is 1.95 bits per heavy atom. The van der Waals surface area contributed by atoms with Crippen molar-refractivity contribution in [1.82, 2.24) is 15.2 Å². The smallest absolute Gasteiger partial charge is 0.128 e. The molecule has 0 amide bonds.